The third-order valence-corrected chi connectivity index (χ3v) is 6.95. The number of aliphatic hydroxyl groups is 1. The largest absolute Gasteiger partial charge is 0.381 e. The van der Waals surface area contributed by atoms with Gasteiger partial charge in [0.15, 0.2) is 0 Å². The first-order valence-corrected chi connectivity index (χ1v) is 12.3. The van der Waals surface area contributed by atoms with Gasteiger partial charge in [-0.3, -0.25) is 4.79 Å². The number of carbonyl (C=O) groups excluding carboxylic acids is 1. The van der Waals surface area contributed by atoms with Gasteiger partial charge in [-0.05, 0) is 49.0 Å². The summed E-state index contributed by atoms with van der Waals surface area (Å²) in [6, 6.07) is 21.2. The lowest BCUT2D eigenvalue weighted by molar-refractivity contribution is 0.0839. The maximum atomic E-state index is 14.2. The molecule has 3 aromatic rings. The summed E-state index contributed by atoms with van der Waals surface area (Å²) in [5, 5.41) is 17.7. The number of halogens is 1. The molecule has 0 saturated carbocycles. The second-order valence-electron chi connectivity index (χ2n) is 9.49. The van der Waals surface area contributed by atoms with Gasteiger partial charge < -0.3 is 30.4 Å². The number of nitrogens with zero attached hydrogens (tertiary/aromatic N) is 3. The normalized spacial score (nSPS) is 20.3. The minimum absolute atomic E-state index is 0.256. The fraction of sp³-hybridized carbons (Fsp3) is 0.321. The Morgan fingerprint density at radius 2 is 1.81 bits per heavy atom. The SMILES string of the molecule is CN1CCN(c2cccc(C(=O)N[C@H]3CNc4ccc(F)cc4N(Cc4ccccc4)C3O)c2)CC1. The minimum Gasteiger partial charge on any atom is -0.381 e. The van der Waals surface area contributed by atoms with Crippen LogP contribution in [0.25, 0.3) is 0 Å². The average Bonchev–Trinajstić information content (AvgIpc) is 3.02. The Labute approximate surface area is 211 Å². The van der Waals surface area contributed by atoms with Crippen molar-refractivity contribution in [3.8, 4) is 0 Å². The predicted molar refractivity (Wildman–Crippen MR) is 141 cm³/mol. The Morgan fingerprint density at radius 3 is 2.58 bits per heavy atom. The molecule has 1 fully saturated rings. The van der Waals surface area contributed by atoms with Crippen LogP contribution in [0.15, 0.2) is 72.8 Å². The first-order chi connectivity index (χ1) is 17.5. The fourth-order valence-corrected chi connectivity index (χ4v) is 4.82. The van der Waals surface area contributed by atoms with Crippen molar-refractivity contribution in [3.05, 3.63) is 89.7 Å². The van der Waals surface area contributed by atoms with Gasteiger partial charge in [0.05, 0.1) is 17.4 Å². The number of piperazine rings is 1. The van der Waals surface area contributed by atoms with Crippen molar-refractivity contribution in [1.82, 2.24) is 10.2 Å². The highest BCUT2D eigenvalue weighted by Gasteiger charge is 2.32. The van der Waals surface area contributed by atoms with Crippen LogP contribution in [0.5, 0.6) is 0 Å². The Bertz CT molecular complexity index is 1200. The molecule has 8 heteroatoms. The monoisotopic (exact) mass is 489 g/mol. The fourth-order valence-electron chi connectivity index (χ4n) is 4.82. The summed E-state index contributed by atoms with van der Waals surface area (Å²) >= 11 is 0. The Kier molecular flexibility index (Phi) is 7.06. The number of amides is 1. The number of anilines is 3. The Balaban J connectivity index is 1.36. The van der Waals surface area contributed by atoms with Crippen LogP contribution in [-0.4, -0.2) is 68.0 Å². The van der Waals surface area contributed by atoms with Gasteiger partial charge in [-0.2, -0.15) is 0 Å². The number of hydrogen-bond donors (Lipinski definition) is 3. The van der Waals surface area contributed by atoms with E-state index >= 15 is 0 Å². The third kappa shape index (κ3) is 5.29. The van der Waals surface area contributed by atoms with Crippen molar-refractivity contribution in [2.75, 3.05) is 54.9 Å². The molecule has 7 nitrogen and oxygen atoms in total. The van der Waals surface area contributed by atoms with E-state index in [1.54, 1.807) is 17.0 Å². The lowest BCUT2D eigenvalue weighted by Crippen LogP contribution is -2.53. The molecule has 0 spiro atoms. The van der Waals surface area contributed by atoms with Crippen LogP contribution >= 0.6 is 0 Å². The van der Waals surface area contributed by atoms with Crippen LogP contribution < -0.4 is 20.4 Å². The van der Waals surface area contributed by atoms with Crippen molar-refractivity contribution in [1.29, 1.82) is 0 Å². The Hall–Kier alpha value is -3.62. The topological polar surface area (TPSA) is 71.1 Å². The number of nitrogens with one attached hydrogen (secondary N) is 2. The summed E-state index contributed by atoms with van der Waals surface area (Å²) in [6.07, 6.45) is -1.06. The number of likely N-dealkylation sites (N-methyl/N-ethyl adjacent to an activating group) is 1. The van der Waals surface area contributed by atoms with E-state index in [0.717, 1.165) is 37.4 Å². The van der Waals surface area contributed by atoms with Gasteiger partial charge in [0.25, 0.3) is 5.91 Å². The molecule has 0 radical (unpaired) electrons. The summed E-state index contributed by atoms with van der Waals surface area (Å²) in [7, 11) is 2.11. The third-order valence-electron chi connectivity index (χ3n) is 6.95. The smallest absolute Gasteiger partial charge is 0.251 e. The van der Waals surface area contributed by atoms with E-state index in [-0.39, 0.29) is 11.7 Å². The lowest BCUT2D eigenvalue weighted by atomic mass is 10.1. The van der Waals surface area contributed by atoms with E-state index in [1.165, 1.54) is 12.1 Å². The molecule has 0 aromatic heterocycles. The summed E-state index contributed by atoms with van der Waals surface area (Å²) in [6.45, 7) is 4.45. The van der Waals surface area contributed by atoms with Gasteiger partial charge in [0, 0.05) is 50.5 Å². The quantitative estimate of drug-likeness (QED) is 0.512. The summed E-state index contributed by atoms with van der Waals surface area (Å²) in [5.41, 5.74) is 3.80. The molecule has 3 aromatic carbocycles. The van der Waals surface area contributed by atoms with Crippen LogP contribution in [0.2, 0.25) is 0 Å². The van der Waals surface area contributed by atoms with E-state index in [4.69, 9.17) is 0 Å². The number of hydrogen-bond acceptors (Lipinski definition) is 6. The van der Waals surface area contributed by atoms with Gasteiger partial charge in [0.2, 0.25) is 0 Å². The summed E-state index contributed by atoms with van der Waals surface area (Å²) in [5.74, 6) is -0.641. The zero-order valence-electron chi connectivity index (χ0n) is 20.4. The molecule has 0 bridgehead atoms. The van der Waals surface area contributed by atoms with Crippen LogP contribution in [0, 0.1) is 5.82 Å². The number of rotatable bonds is 5. The minimum atomic E-state index is -1.06. The Morgan fingerprint density at radius 1 is 1.03 bits per heavy atom. The number of fused-ring (bicyclic) bond motifs is 1. The molecule has 2 heterocycles. The van der Waals surface area contributed by atoms with Crippen molar-refractivity contribution in [2.45, 2.75) is 18.8 Å². The summed E-state index contributed by atoms with van der Waals surface area (Å²) in [4.78, 5) is 19.6. The van der Waals surface area contributed by atoms with Crippen LogP contribution in [0.3, 0.4) is 0 Å². The first kappa shape index (κ1) is 24.1. The van der Waals surface area contributed by atoms with Gasteiger partial charge in [-0.1, -0.05) is 36.4 Å². The molecule has 1 unspecified atom stereocenters. The van der Waals surface area contributed by atoms with Gasteiger partial charge in [-0.15, -0.1) is 0 Å². The van der Waals surface area contributed by atoms with Crippen molar-refractivity contribution < 1.29 is 14.3 Å². The molecule has 2 aliphatic rings. The van der Waals surface area contributed by atoms with Crippen LogP contribution in [0.4, 0.5) is 21.5 Å². The summed E-state index contributed by atoms with van der Waals surface area (Å²) < 4.78 is 14.2. The number of aliphatic hydroxyl groups excluding tert-OH is 1. The van der Waals surface area contributed by atoms with Crippen LogP contribution in [0.1, 0.15) is 15.9 Å². The van der Waals surface area contributed by atoms with Crippen molar-refractivity contribution in [2.24, 2.45) is 0 Å². The number of carbonyl (C=O) groups is 1. The van der Waals surface area contributed by atoms with E-state index in [2.05, 4.69) is 27.5 Å². The lowest BCUT2D eigenvalue weighted by Gasteiger charge is -2.34. The van der Waals surface area contributed by atoms with Crippen LogP contribution in [-0.2, 0) is 6.54 Å². The maximum absolute atomic E-state index is 14.2. The standard InChI is InChI=1S/C28H32FN5O2/c1-32-12-14-33(15-13-32)23-9-5-8-21(16-23)27(35)31-25-18-30-24-11-10-22(29)17-26(24)34(28(25)36)19-20-6-3-2-4-7-20/h2-11,16-17,25,28,30,36H,12-15,18-19H2,1H3,(H,31,35)/t25-,28?/m0/s1. The molecule has 5 rings (SSSR count). The zero-order valence-corrected chi connectivity index (χ0v) is 20.4. The van der Waals surface area contributed by atoms with E-state index in [1.807, 2.05) is 48.5 Å². The first-order valence-electron chi connectivity index (χ1n) is 12.3. The zero-order chi connectivity index (χ0) is 25.1. The highest BCUT2D eigenvalue weighted by Crippen LogP contribution is 2.33. The van der Waals surface area contributed by atoms with E-state index in [0.29, 0.717) is 30.0 Å². The molecule has 3 N–H and O–H groups in total. The predicted octanol–water partition coefficient (Wildman–Crippen LogP) is 3.13. The van der Waals surface area contributed by atoms with Gasteiger partial charge in [-0.25, -0.2) is 4.39 Å². The second-order valence-corrected chi connectivity index (χ2v) is 9.49. The van der Waals surface area contributed by atoms with Gasteiger partial charge in [0.1, 0.15) is 12.0 Å². The van der Waals surface area contributed by atoms with E-state index < -0.39 is 12.3 Å². The molecule has 2 atom stereocenters. The molecule has 188 valence electrons. The molecule has 2 aliphatic heterocycles. The molecule has 1 saturated heterocycles. The van der Waals surface area contributed by atoms with Crippen molar-refractivity contribution in [3.63, 3.8) is 0 Å². The van der Waals surface area contributed by atoms with Gasteiger partial charge >= 0.3 is 0 Å². The van der Waals surface area contributed by atoms with E-state index in [9.17, 15) is 14.3 Å². The second kappa shape index (κ2) is 10.6. The molecular formula is C28H32FN5O2. The highest BCUT2D eigenvalue weighted by atomic mass is 19.1. The molecule has 0 aliphatic carbocycles. The number of benzene rings is 3. The molecule has 1 amide bonds. The average molecular weight is 490 g/mol. The van der Waals surface area contributed by atoms with Crippen molar-refractivity contribution >= 4 is 23.0 Å². The molecular weight excluding hydrogens is 457 g/mol. The highest BCUT2D eigenvalue weighted by molar-refractivity contribution is 5.95. The molecule has 36 heavy (non-hydrogen) atoms. The maximum Gasteiger partial charge on any atom is 0.251 e.